The molecule has 1 saturated heterocycles. The molecule has 0 bridgehead atoms. The van der Waals surface area contributed by atoms with E-state index in [0.717, 1.165) is 68.0 Å². The molecular formula is C31H48N4O4S. The summed E-state index contributed by atoms with van der Waals surface area (Å²) >= 11 is 5.93. The molecule has 0 atom stereocenters. The lowest BCUT2D eigenvalue weighted by Gasteiger charge is -2.35. The van der Waals surface area contributed by atoms with Crippen molar-refractivity contribution in [2.24, 2.45) is 5.92 Å². The van der Waals surface area contributed by atoms with Crippen LogP contribution in [-0.2, 0) is 9.47 Å². The van der Waals surface area contributed by atoms with Crippen molar-refractivity contribution in [1.82, 2.24) is 19.8 Å². The third-order valence-corrected chi connectivity index (χ3v) is 8.61. The van der Waals surface area contributed by atoms with Crippen molar-refractivity contribution in [3.63, 3.8) is 0 Å². The molecule has 0 amide bonds. The van der Waals surface area contributed by atoms with Gasteiger partial charge in [0.1, 0.15) is 13.4 Å². The number of nitrogens with zero attached hydrogens (tertiary/aromatic N) is 3. The number of likely N-dealkylation sites (tertiary alicyclic amines) is 1. The summed E-state index contributed by atoms with van der Waals surface area (Å²) < 4.78 is 12.2. The van der Waals surface area contributed by atoms with Gasteiger partial charge in [-0.1, -0.05) is 50.3 Å². The van der Waals surface area contributed by atoms with E-state index in [4.69, 9.17) is 26.5 Å². The normalized spacial score (nSPS) is 17.8. The van der Waals surface area contributed by atoms with Gasteiger partial charge < -0.3 is 29.4 Å². The maximum atomic E-state index is 12.4. The summed E-state index contributed by atoms with van der Waals surface area (Å²) in [5, 5.41) is 5.31. The molecule has 2 fully saturated rings. The standard InChI is InChI=1S/C31H48N4O4S/c1-37-25-38-28-16-19-33(20-17-28)21-22-34(24-26-10-5-3-2-4-6-11-26)31(40)32-18-9-23-39-35-29-13-8-7-12-27(29)14-15-30(35)36/h7-8,12-15,26,28H,2-6,9-11,16-25H2,1H3,(H,32,40). The topological polar surface area (TPSA) is 68.2 Å². The summed E-state index contributed by atoms with van der Waals surface area (Å²) in [5.41, 5.74) is 0.639. The molecule has 1 aliphatic carbocycles. The summed E-state index contributed by atoms with van der Waals surface area (Å²) in [5.74, 6) is 0.704. The fourth-order valence-electron chi connectivity index (χ4n) is 5.87. The van der Waals surface area contributed by atoms with Crippen LogP contribution in [-0.4, -0.2) is 85.5 Å². The molecule has 9 heteroatoms. The van der Waals surface area contributed by atoms with E-state index in [1.807, 2.05) is 30.3 Å². The van der Waals surface area contributed by atoms with E-state index in [9.17, 15) is 4.79 Å². The average molecular weight is 573 g/mol. The fraction of sp³-hybridized carbons (Fsp3) is 0.677. The number of thiocarbonyl (C=S) groups is 1. The van der Waals surface area contributed by atoms with Crippen molar-refractivity contribution in [3.8, 4) is 0 Å². The minimum atomic E-state index is -0.151. The number of aromatic nitrogens is 1. The highest BCUT2D eigenvalue weighted by Gasteiger charge is 2.22. The van der Waals surface area contributed by atoms with E-state index in [1.54, 1.807) is 13.2 Å². The maximum absolute atomic E-state index is 12.4. The molecule has 40 heavy (non-hydrogen) atoms. The van der Waals surface area contributed by atoms with Gasteiger partial charge in [0, 0.05) is 64.3 Å². The minimum Gasteiger partial charge on any atom is -0.410 e. The number of piperidine rings is 1. The van der Waals surface area contributed by atoms with E-state index in [0.29, 0.717) is 32.0 Å². The summed E-state index contributed by atoms with van der Waals surface area (Å²) in [6.07, 6.45) is 12.5. The first-order valence-electron chi connectivity index (χ1n) is 15.2. The number of rotatable bonds is 13. The van der Waals surface area contributed by atoms with E-state index in [1.165, 1.54) is 49.7 Å². The summed E-state index contributed by atoms with van der Waals surface area (Å²) in [6.45, 7) is 6.61. The molecule has 0 radical (unpaired) electrons. The highest BCUT2D eigenvalue weighted by atomic mass is 32.1. The zero-order valence-electron chi connectivity index (χ0n) is 24.2. The zero-order chi connectivity index (χ0) is 28.0. The highest BCUT2D eigenvalue weighted by Crippen LogP contribution is 2.23. The van der Waals surface area contributed by atoms with E-state index < -0.39 is 0 Å². The Morgan fingerprint density at radius 2 is 1.77 bits per heavy atom. The average Bonchev–Trinajstić information content (AvgIpc) is 2.96. The molecule has 0 unspecified atom stereocenters. The SMILES string of the molecule is COCOC1CCN(CCN(CC2CCCCCCC2)C(=S)NCCCOn2c(=O)ccc3ccccc32)CC1. The number of ether oxygens (including phenoxy) is 2. The zero-order valence-corrected chi connectivity index (χ0v) is 25.0. The van der Waals surface area contributed by atoms with Gasteiger partial charge in [0.2, 0.25) is 0 Å². The van der Waals surface area contributed by atoms with Crippen LogP contribution in [0.2, 0.25) is 0 Å². The van der Waals surface area contributed by atoms with Gasteiger partial charge in [-0.2, -0.15) is 0 Å². The van der Waals surface area contributed by atoms with E-state index in [2.05, 4.69) is 15.1 Å². The Hall–Kier alpha value is -2.20. The quantitative estimate of drug-likeness (QED) is 0.215. The first-order chi connectivity index (χ1) is 19.6. The monoisotopic (exact) mass is 572 g/mol. The lowest BCUT2D eigenvalue weighted by Crippen LogP contribution is -2.47. The Labute approximate surface area is 244 Å². The predicted octanol–water partition coefficient (Wildman–Crippen LogP) is 4.44. The third-order valence-electron chi connectivity index (χ3n) is 8.21. The number of hydrogen-bond donors (Lipinski definition) is 1. The number of hydrogen-bond acceptors (Lipinski definition) is 6. The first-order valence-corrected chi connectivity index (χ1v) is 15.6. The van der Waals surface area contributed by atoms with Crippen LogP contribution >= 0.6 is 12.2 Å². The van der Waals surface area contributed by atoms with Crippen molar-refractivity contribution < 1.29 is 14.3 Å². The van der Waals surface area contributed by atoms with Crippen molar-refractivity contribution in [2.45, 2.75) is 70.3 Å². The number of para-hydroxylation sites is 1. The molecular weight excluding hydrogens is 524 g/mol. The van der Waals surface area contributed by atoms with Crippen LogP contribution in [0.5, 0.6) is 0 Å². The fourth-order valence-corrected chi connectivity index (χ4v) is 6.13. The van der Waals surface area contributed by atoms with Crippen LogP contribution in [0.25, 0.3) is 10.9 Å². The largest absolute Gasteiger partial charge is 0.410 e. The van der Waals surface area contributed by atoms with Crippen LogP contribution in [0.4, 0.5) is 0 Å². The molecule has 1 saturated carbocycles. The second kappa shape index (κ2) is 16.9. The summed E-state index contributed by atoms with van der Waals surface area (Å²) in [7, 11) is 1.68. The Balaban J connectivity index is 1.25. The molecule has 1 N–H and O–H groups in total. The van der Waals surface area contributed by atoms with Gasteiger partial charge >= 0.3 is 0 Å². The van der Waals surface area contributed by atoms with Crippen molar-refractivity contribution in [2.75, 3.05) is 59.8 Å². The number of pyridine rings is 1. The van der Waals surface area contributed by atoms with Gasteiger partial charge in [0.25, 0.3) is 5.56 Å². The lowest BCUT2D eigenvalue weighted by molar-refractivity contribution is -0.0887. The Kier molecular flexibility index (Phi) is 13.0. The molecule has 1 aromatic heterocycles. The highest BCUT2D eigenvalue weighted by molar-refractivity contribution is 7.80. The van der Waals surface area contributed by atoms with Gasteiger partial charge in [0.05, 0.1) is 11.6 Å². The van der Waals surface area contributed by atoms with Crippen LogP contribution in [0.1, 0.15) is 64.2 Å². The second-order valence-corrected chi connectivity index (χ2v) is 11.6. The van der Waals surface area contributed by atoms with Crippen LogP contribution < -0.4 is 15.7 Å². The van der Waals surface area contributed by atoms with Crippen molar-refractivity contribution >= 4 is 28.2 Å². The van der Waals surface area contributed by atoms with E-state index >= 15 is 0 Å². The number of fused-ring (bicyclic) bond motifs is 1. The Bertz CT molecular complexity index is 1080. The van der Waals surface area contributed by atoms with E-state index in [-0.39, 0.29) is 5.56 Å². The summed E-state index contributed by atoms with van der Waals surface area (Å²) in [4.78, 5) is 23.2. The van der Waals surface area contributed by atoms with Gasteiger partial charge in [-0.25, -0.2) is 0 Å². The lowest BCUT2D eigenvalue weighted by atomic mass is 9.91. The molecule has 2 aromatic rings. The maximum Gasteiger partial charge on any atom is 0.283 e. The number of nitrogens with one attached hydrogen (secondary N) is 1. The first kappa shape index (κ1) is 30.8. The number of benzene rings is 1. The third kappa shape index (κ3) is 9.72. The van der Waals surface area contributed by atoms with Crippen LogP contribution in [0.15, 0.2) is 41.2 Å². The predicted molar refractivity (Wildman–Crippen MR) is 165 cm³/mol. The Morgan fingerprint density at radius 1 is 1.02 bits per heavy atom. The van der Waals surface area contributed by atoms with Gasteiger partial charge in [-0.15, -0.1) is 4.73 Å². The van der Waals surface area contributed by atoms with Gasteiger partial charge in [0.15, 0.2) is 5.11 Å². The Morgan fingerprint density at radius 3 is 2.55 bits per heavy atom. The van der Waals surface area contributed by atoms with Crippen molar-refractivity contribution in [1.29, 1.82) is 0 Å². The van der Waals surface area contributed by atoms with Crippen molar-refractivity contribution in [3.05, 3.63) is 46.8 Å². The smallest absolute Gasteiger partial charge is 0.283 e. The molecule has 1 aliphatic heterocycles. The minimum absolute atomic E-state index is 0.151. The molecule has 0 spiro atoms. The molecule has 2 aliphatic rings. The molecule has 1 aromatic carbocycles. The number of methoxy groups -OCH3 is 1. The molecule has 4 rings (SSSR count). The van der Waals surface area contributed by atoms with Gasteiger partial charge in [-0.05, 0) is 56.0 Å². The molecule has 222 valence electrons. The van der Waals surface area contributed by atoms with Gasteiger partial charge in [-0.3, -0.25) is 4.79 Å². The molecule has 8 nitrogen and oxygen atoms in total. The molecule has 2 heterocycles. The van der Waals surface area contributed by atoms with Crippen LogP contribution in [0.3, 0.4) is 0 Å². The second-order valence-electron chi connectivity index (χ2n) is 11.2. The van der Waals surface area contributed by atoms with Crippen LogP contribution in [0, 0.1) is 5.92 Å². The summed E-state index contributed by atoms with van der Waals surface area (Å²) in [6, 6.07) is 11.2.